The molecule has 2 rings (SSSR count). The second-order valence-electron chi connectivity index (χ2n) is 4.76. The number of aromatic nitrogens is 1. The molecule has 108 valence electrons. The van der Waals surface area contributed by atoms with Crippen LogP contribution in [0.3, 0.4) is 0 Å². The van der Waals surface area contributed by atoms with Gasteiger partial charge in [-0.3, -0.25) is 0 Å². The zero-order valence-corrected chi connectivity index (χ0v) is 15.3. The number of benzene rings is 1. The van der Waals surface area contributed by atoms with Crippen LogP contribution in [0.25, 0.3) is 0 Å². The molecule has 1 heterocycles. The Bertz CT molecular complexity index is 571. The summed E-state index contributed by atoms with van der Waals surface area (Å²) in [6.45, 7) is 5.22. The lowest BCUT2D eigenvalue weighted by atomic mass is 10.0. The lowest BCUT2D eigenvalue weighted by molar-refractivity contribution is 0.526. The van der Waals surface area contributed by atoms with Gasteiger partial charge in [0.1, 0.15) is 0 Å². The van der Waals surface area contributed by atoms with Crippen molar-refractivity contribution >= 4 is 45.5 Å². The molecule has 0 aliphatic rings. The van der Waals surface area contributed by atoms with Gasteiger partial charge in [-0.1, -0.05) is 18.5 Å². The van der Waals surface area contributed by atoms with Crippen molar-refractivity contribution in [1.82, 2.24) is 10.3 Å². The number of rotatable bonds is 6. The Balaban J connectivity index is 2.24. The minimum atomic E-state index is 0.270. The molecule has 1 atom stereocenters. The van der Waals surface area contributed by atoms with Crippen LogP contribution in [0.4, 0.5) is 0 Å². The molecule has 0 aliphatic carbocycles. The van der Waals surface area contributed by atoms with Crippen molar-refractivity contribution in [3.8, 4) is 0 Å². The molecule has 1 unspecified atom stereocenters. The lowest BCUT2D eigenvalue weighted by Crippen LogP contribution is -2.25. The second kappa shape index (κ2) is 7.73. The van der Waals surface area contributed by atoms with E-state index in [0.717, 1.165) is 30.1 Å². The Morgan fingerprint density at radius 1 is 1.45 bits per heavy atom. The highest BCUT2D eigenvalue weighted by Crippen LogP contribution is 2.27. The molecule has 0 saturated heterocycles. The summed E-state index contributed by atoms with van der Waals surface area (Å²) in [5, 5.41) is 7.68. The quantitative estimate of drug-likeness (QED) is 0.666. The molecule has 20 heavy (non-hydrogen) atoms. The molecular formula is C15H18ClIN2S. The Hall–Kier alpha value is -0.170. The minimum Gasteiger partial charge on any atom is -0.310 e. The Morgan fingerprint density at radius 2 is 2.25 bits per heavy atom. The zero-order chi connectivity index (χ0) is 14.5. The van der Waals surface area contributed by atoms with Gasteiger partial charge in [-0.05, 0) is 66.2 Å². The Kier molecular flexibility index (Phi) is 6.26. The smallest absolute Gasteiger partial charge is 0.0947 e. The van der Waals surface area contributed by atoms with Gasteiger partial charge >= 0.3 is 0 Å². The summed E-state index contributed by atoms with van der Waals surface area (Å²) < 4.78 is 1.24. The van der Waals surface area contributed by atoms with Gasteiger partial charge in [0.2, 0.25) is 0 Å². The summed E-state index contributed by atoms with van der Waals surface area (Å²) in [6, 6.07) is 6.35. The van der Waals surface area contributed by atoms with Crippen molar-refractivity contribution in [1.29, 1.82) is 0 Å². The highest BCUT2D eigenvalue weighted by Gasteiger charge is 2.16. The predicted octanol–water partition coefficient (Wildman–Crippen LogP) is 4.99. The first kappa shape index (κ1) is 16.2. The van der Waals surface area contributed by atoms with Gasteiger partial charge in [-0.15, -0.1) is 11.3 Å². The summed E-state index contributed by atoms with van der Waals surface area (Å²) >= 11 is 10.3. The third kappa shape index (κ3) is 4.41. The number of thiazole rings is 1. The molecule has 0 spiro atoms. The van der Waals surface area contributed by atoms with Crippen LogP contribution in [0.5, 0.6) is 0 Å². The molecule has 1 aromatic heterocycles. The van der Waals surface area contributed by atoms with Gasteiger partial charge in [0.15, 0.2) is 0 Å². The van der Waals surface area contributed by atoms with Gasteiger partial charge < -0.3 is 5.32 Å². The van der Waals surface area contributed by atoms with Crippen LogP contribution in [-0.2, 0) is 6.42 Å². The van der Waals surface area contributed by atoms with Gasteiger partial charge in [0.05, 0.1) is 5.01 Å². The Labute approximate surface area is 143 Å². The fraction of sp³-hybridized carbons (Fsp3) is 0.400. The van der Waals surface area contributed by atoms with Gasteiger partial charge in [-0.2, -0.15) is 0 Å². The van der Waals surface area contributed by atoms with E-state index in [-0.39, 0.29) is 6.04 Å². The van der Waals surface area contributed by atoms with Crippen LogP contribution in [0.15, 0.2) is 23.6 Å². The summed E-state index contributed by atoms with van der Waals surface area (Å²) in [5.74, 6) is 0. The second-order valence-corrected chi connectivity index (χ2v) is 7.30. The molecule has 0 bridgehead atoms. The largest absolute Gasteiger partial charge is 0.310 e. The molecular weight excluding hydrogens is 403 g/mol. The number of nitrogens with one attached hydrogen (secondary N) is 1. The maximum Gasteiger partial charge on any atom is 0.0947 e. The van der Waals surface area contributed by atoms with Crippen LogP contribution >= 0.6 is 45.5 Å². The normalized spacial score (nSPS) is 12.6. The maximum atomic E-state index is 6.16. The summed E-state index contributed by atoms with van der Waals surface area (Å²) in [5.41, 5.74) is 2.36. The molecule has 0 aliphatic heterocycles. The standard InChI is InChI=1S/C15H18ClIN2S/c1-3-6-18-14(8-15-19-10(2)9-20-15)12-7-11(16)4-5-13(12)17/h4-5,7,9,14,18H,3,6,8H2,1-2H3. The molecule has 0 fully saturated rings. The van der Waals surface area contributed by atoms with Crippen LogP contribution in [0.2, 0.25) is 5.02 Å². The van der Waals surface area contributed by atoms with E-state index in [1.54, 1.807) is 11.3 Å². The molecule has 1 N–H and O–H groups in total. The number of hydrogen-bond donors (Lipinski definition) is 1. The van der Waals surface area contributed by atoms with Crippen molar-refractivity contribution in [3.05, 3.63) is 48.4 Å². The van der Waals surface area contributed by atoms with Gasteiger partial charge in [0, 0.05) is 32.1 Å². The number of hydrogen-bond acceptors (Lipinski definition) is 3. The lowest BCUT2D eigenvalue weighted by Gasteiger charge is -2.19. The average Bonchev–Trinajstić information content (AvgIpc) is 2.83. The SMILES string of the molecule is CCCNC(Cc1nc(C)cs1)c1cc(Cl)ccc1I. The summed E-state index contributed by atoms with van der Waals surface area (Å²) in [7, 11) is 0. The molecule has 2 aromatic rings. The minimum absolute atomic E-state index is 0.270. The topological polar surface area (TPSA) is 24.9 Å². The van der Waals surface area contributed by atoms with E-state index in [1.807, 2.05) is 13.0 Å². The van der Waals surface area contributed by atoms with E-state index in [4.69, 9.17) is 11.6 Å². The predicted molar refractivity (Wildman–Crippen MR) is 95.8 cm³/mol. The van der Waals surface area contributed by atoms with Crippen molar-refractivity contribution < 1.29 is 0 Å². The first-order valence-electron chi connectivity index (χ1n) is 6.69. The summed E-state index contributed by atoms with van der Waals surface area (Å²) in [4.78, 5) is 4.58. The van der Waals surface area contributed by atoms with Crippen LogP contribution in [-0.4, -0.2) is 11.5 Å². The van der Waals surface area contributed by atoms with Crippen molar-refractivity contribution in [2.75, 3.05) is 6.54 Å². The molecule has 0 radical (unpaired) electrons. The van der Waals surface area contributed by atoms with Crippen LogP contribution in [0, 0.1) is 10.5 Å². The van der Waals surface area contributed by atoms with E-state index in [1.165, 1.54) is 14.1 Å². The molecule has 2 nitrogen and oxygen atoms in total. The zero-order valence-electron chi connectivity index (χ0n) is 11.6. The fourth-order valence-electron chi connectivity index (χ4n) is 2.06. The van der Waals surface area contributed by atoms with E-state index in [9.17, 15) is 0 Å². The monoisotopic (exact) mass is 420 g/mol. The van der Waals surface area contributed by atoms with Crippen LogP contribution < -0.4 is 5.32 Å². The van der Waals surface area contributed by atoms with Crippen molar-refractivity contribution in [2.24, 2.45) is 0 Å². The first-order valence-corrected chi connectivity index (χ1v) is 9.03. The molecule has 0 saturated carbocycles. The van der Waals surface area contributed by atoms with Crippen molar-refractivity contribution in [2.45, 2.75) is 32.7 Å². The molecule has 0 amide bonds. The van der Waals surface area contributed by atoms with Gasteiger partial charge in [0.25, 0.3) is 0 Å². The van der Waals surface area contributed by atoms with E-state index >= 15 is 0 Å². The fourth-order valence-corrected chi connectivity index (χ4v) is 3.77. The highest BCUT2D eigenvalue weighted by atomic mass is 127. The third-order valence-corrected chi connectivity index (χ3v) is 5.23. The number of aryl methyl sites for hydroxylation is 1. The molecule has 5 heteroatoms. The van der Waals surface area contributed by atoms with Gasteiger partial charge in [-0.25, -0.2) is 4.98 Å². The third-order valence-electron chi connectivity index (χ3n) is 3.02. The Morgan fingerprint density at radius 3 is 2.90 bits per heavy atom. The van der Waals surface area contributed by atoms with E-state index in [0.29, 0.717) is 0 Å². The number of halogens is 2. The van der Waals surface area contributed by atoms with Crippen molar-refractivity contribution in [3.63, 3.8) is 0 Å². The van der Waals surface area contributed by atoms with E-state index in [2.05, 4.69) is 57.3 Å². The average molecular weight is 421 g/mol. The number of nitrogens with zero attached hydrogens (tertiary/aromatic N) is 1. The van der Waals surface area contributed by atoms with Crippen LogP contribution in [0.1, 0.15) is 35.7 Å². The molecule has 1 aromatic carbocycles. The summed E-state index contributed by atoms with van der Waals surface area (Å²) in [6.07, 6.45) is 2.03. The first-order chi connectivity index (χ1) is 9.60. The highest BCUT2D eigenvalue weighted by molar-refractivity contribution is 14.1. The maximum absolute atomic E-state index is 6.16. The van der Waals surface area contributed by atoms with E-state index < -0.39 is 0 Å².